The lowest BCUT2D eigenvalue weighted by molar-refractivity contribution is -0.139. The van der Waals surface area contributed by atoms with Gasteiger partial charge in [0, 0.05) is 0 Å². The predicted octanol–water partition coefficient (Wildman–Crippen LogP) is 4.48. The van der Waals surface area contributed by atoms with E-state index < -0.39 is 47.8 Å². The van der Waals surface area contributed by atoms with Gasteiger partial charge in [0.2, 0.25) is 17.7 Å². The van der Waals surface area contributed by atoms with E-state index in [0.29, 0.717) is 0 Å². The molecule has 0 aliphatic carbocycles. The molecule has 0 saturated heterocycles. The van der Waals surface area contributed by atoms with Crippen molar-refractivity contribution in [1.29, 1.82) is 0 Å². The molecule has 2 N–H and O–H groups in total. The van der Waals surface area contributed by atoms with E-state index in [0.717, 1.165) is 13.8 Å². The van der Waals surface area contributed by atoms with Crippen molar-refractivity contribution in [3.05, 3.63) is 5.82 Å². The fraction of sp³-hybridized carbons (Fsp3) is 0.688. The summed E-state index contributed by atoms with van der Waals surface area (Å²) in [7, 11) is 0. The molecule has 0 aromatic carbocycles. The molecule has 12 heteroatoms. The normalized spacial score (nSPS) is 14.7. The molecular formula is C16H20F7N5. The molecule has 0 amide bonds. The Balaban J connectivity index is 3.29. The van der Waals surface area contributed by atoms with E-state index in [2.05, 4.69) is 26.8 Å². The molecule has 1 aromatic heterocycles. The zero-order valence-electron chi connectivity index (χ0n) is 15.6. The van der Waals surface area contributed by atoms with Gasteiger partial charge in [-0.3, -0.25) is 0 Å². The first kappa shape index (κ1) is 23.7. The summed E-state index contributed by atoms with van der Waals surface area (Å²) in [5.74, 6) is 2.78. The number of aromatic nitrogens is 3. The van der Waals surface area contributed by atoms with Gasteiger partial charge in [0.05, 0.1) is 0 Å². The highest BCUT2D eigenvalue weighted by Gasteiger charge is 2.38. The van der Waals surface area contributed by atoms with Gasteiger partial charge in [0.25, 0.3) is 0 Å². The SMILES string of the molecule is CCC(F)(C#Cc1nc(N[C@H](C)C(F)(F)F)nc(N[C@H](C)C(F)(F)F)n1)CC. The molecule has 158 valence electrons. The van der Waals surface area contributed by atoms with Crippen LogP contribution in [0.4, 0.5) is 42.6 Å². The van der Waals surface area contributed by atoms with Crippen LogP contribution in [-0.2, 0) is 0 Å². The lowest BCUT2D eigenvalue weighted by Gasteiger charge is -2.19. The average Bonchev–Trinajstić information content (AvgIpc) is 2.58. The van der Waals surface area contributed by atoms with Gasteiger partial charge in [-0.25, -0.2) is 4.39 Å². The zero-order chi connectivity index (χ0) is 21.8. The van der Waals surface area contributed by atoms with Crippen molar-refractivity contribution in [2.75, 3.05) is 10.6 Å². The summed E-state index contributed by atoms with van der Waals surface area (Å²) in [5, 5.41) is 3.86. The van der Waals surface area contributed by atoms with Crippen LogP contribution in [0.3, 0.4) is 0 Å². The fourth-order valence-electron chi connectivity index (χ4n) is 1.71. The van der Waals surface area contributed by atoms with Crippen molar-refractivity contribution in [2.45, 2.75) is 70.6 Å². The summed E-state index contributed by atoms with van der Waals surface area (Å²) in [4.78, 5) is 10.8. The topological polar surface area (TPSA) is 62.7 Å². The molecule has 2 atom stereocenters. The number of alkyl halides is 7. The summed E-state index contributed by atoms with van der Waals surface area (Å²) >= 11 is 0. The molecular weight excluding hydrogens is 395 g/mol. The van der Waals surface area contributed by atoms with Crippen molar-refractivity contribution in [3.63, 3.8) is 0 Å². The average molecular weight is 415 g/mol. The quantitative estimate of drug-likeness (QED) is 0.530. The van der Waals surface area contributed by atoms with Crippen molar-refractivity contribution in [2.24, 2.45) is 0 Å². The predicted molar refractivity (Wildman–Crippen MR) is 89.4 cm³/mol. The monoisotopic (exact) mass is 415 g/mol. The Labute approximate surface area is 157 Å². The third kappa shape index (κ3) is 7.01. The highest BCUT2D eigenvalue weighted by atomic mass is 19.4. The van der Waals surface area contributed by atoms with Gasteiger partial charge in [-0.15, -0.1) is 0 Å². The van der Waals surface area contributed by atoms with Gasteiger partial charge in [-0.05, 0) is 32.6 Å². The van der Waals surface area contributed by atoms with Gasteiger partial charge in [-0.2, -0.15) is 41.3 Å². The first-order chi connectivity index (χ1) is 12.7. The Morgan fingerprint density at radius 2 is 1.18 bits per heavy atom. The number of nitrogens with one attached hydrogen (secondary N) is 2. The number of hydrogen-bond acceptors (Lipinski definition) is 5. The molecule has 0 bridgehead atoms. The molecule has 0 unspecified atom stereocenters. The molecule has 0 radical (unpaired) electrons. The Hall–Kier alpha value is -2.32. The van der Waals surface area contributed by atoms with Crippen LogP contribution in [0.25, 0.3) is 0 Å². The fourth-order valence-corrected chi connectivity index (χ4v) is 1.71. The molecule has 0 aliphatic heterocycles. The summed E-state index contributed by atoms with van der Waals surface area (Å²) < 4.78 is 90.6. The van der Waals surface area contributed by atoms with E-state index in [4.69, 9.17) is 0 Å². The zero-order valence-corrected chi connectivity index (χ0v) is 15.6. The third-order valence-corrected chi connectivity index (χ3v) is 3.83. The molecule has 1 rings (SSSR count). The molecule has 28 heavy (non-hydrogen) atoms. The van der Waals surface area contributed by atoms with Crippen LogP contribution in [0.5, 0.6) is 0 Å². The summed E-state index contributed by atoms with van der Waals surface area (Å²) in [6.45, 7) is 4.64. The second-order valence-corrected chi connectivity index (χ2v) is 6.04. The number of nitrogens with zero attached hydrogens (tertiary/aromatic N) is 3. The largest absolute Gasteiger partial charge is 0.408 e. The van der Waals surface area contributed by atoms with Gasteiger partial charge in [0.15, 0.2) is 5.67 Å². The van der Waals surface area contributed by atoms with Crippen molar-refractivity contribution < 1.29 is 30.7 Å². The van der Waals surface area contributed by atoms with Gasteiger partial charge < -0.3 is 10.6 Å². The minimum atomic E-state index is -4.65. The molecule has 0 fully saturated rings. The highest BCUT2D eigenvalue weighted by Crippen LogP contribution is 2.24. The number of halogens is 7. The summed E-state index contributed by atoms with van der Waals surface area (Å²) in [5.41, 5.74) is -1.88. The van der Waals surface area contributed by atoms with E-state index in [1.807, 2.05) is 10.6 Å². The van der Waals surface area contributed by atoms with Crippen LogP contribution in [0, 0.1) is 11.8 Å². The Morgan fingerprint density at radius 1 is 0.786 bits per heavy atom. The summed E-state index contributed by atoms with van der Waals surface area (Å²) in [6, 6.07) is -4.18. The Bertz CT molecular complexity index is 677. The number of anilines is 2. The molecule has 0 aliphatic rings. The maximum Gasteiger partial charge on any atom is 0.408 e. The maximum atomic E-state index is 14.3. The van der Waals surface area contributed by atoms with Crippen LogP contribution < -0.4 is 10.6 Å². The lowest BCUT2D eigenvalue weighted by atomic mass is 10.0. The van der Waals surface area contributed by atoms with Crippen LogP contribution in [0.15, 0.2) is 0 Å². The van der Waals surface area contributed by atoms with E-state index >= 15 is 0 Å². The van der Waals surface area contributed by atoms with Gasteiger partial charge >= 0.3 is 12.4 Å². The van der Waals surface area contributed by atoms with E-state index in [9.17, 15) is 30.7 Å². The van der Waals surface area contributed by atoms with Crippen LogP contribution in [-0.4, -0.2) is 45.1 Å². The standard InChI is InChI=1S/C16H20F7N5/c1-5-14(17,6-2)8-7-11-26-12(24-9(3)15(18,19)20)28-13(27-11)25-10(4)16(21,22)23/h9-10H,5-6H2,1-4H3,(H2,24,25,26,27,28)/t9-,10-/m1/s1. The van der Waals surface area contributed by atoms with E-state index in [-0.39, 0.29) is 12.8 Å². The second kappa shape index (κ2) is 8.79. The Kier molecular flexibility index (Phi) is 7.45. The Morgan fingerprint density at radius 3 is 1.50 bits per heavy atom. The van der Waals surface area contributed by atoms with Gasteiger partial charge in [-0.1, -0.05) is 19.8 Å². The lowest BCUT2D eigenvalue weighted by Crippen LogP contribution is -2.35. The molecule has 1 heterocycles. The van der Waals surface area contributed by atoms with Crippen molar-refractivity contribution in [1.82, 2.24) is 15.0 Å². The highest BCUT2D eigenvalue weighted by molar-refractivity contribution is 5.40. The third-order valence-electron chi connectivity index (χ3n) is 3.83. The summed E-state index contributed by atoms with van der Waals surface area (Å²) in [6.07, 6.45) is -9.23. The molecule has 0 spiro atoms. The van der Waals surface area contributed by atoms with Crippen LogP contribution in [0.2, 0.25) is 0 Å². The number of rotatable bonds is 6. The molecule has 1 aromatic rings. The number of hydrogen-bond donors (Lipinski definition) is 2. The first-order valence-electron chi connectivity index (χ1n) is 8.35. The first-order valence-corrected chi connectivity index (χ1v) is 8.35. The van der Waals surface area contributed by atoms with E-state index in [1.54, 1.807) is 13.8 Å². The van der Waals surface area contributed by atoms with E-state index in [1.165, 1.54) is 0 Å². The minimum absolute atomic E-state index is 0.0357. The maximum absolute atomic E-state index is 14.3. The second-order valence-electron chi connectivity index (χ2n) is 6.04. The van der Waals surface area contributed by atoms with Gasteiger partial charge in [0.1, 0.15) is 12.1 Å². The molecule has 0 saturated carbocycles. The van der Waals surface area contributed by atoms with Crippen molar-refractivity contribution in [3.8, 4) is 11.8 Å². The van der Waals surface area contributed by atoms with Crippen molar-refractivity contribution >= 4 is 11.9 Å². The van der Waals surface area contributed by atoms with Crippen LogP contribution >= 0.6 is 0 Å². The molecule has 5 nitrogen and oxygen atoms in total. The van der Waals surface area contributed by atoms with Crippen LogP contribution in [0.1, 0.15) is 46.4 Å². The smallest absolute Gasteiger partial charge is 0.343 e. The minimum Gasteiger partial charge on any atom is -0.343 e.